The Morgan fingerprint density at radius 2 is 1.34 bits per heavy atom. The van der Waals surface area contributed by atoms with Crippen LogP contribution in [-0.2, 0) is 6.42 Å². The molecule has 2 atom stereocenters. The second-order valence-corrected chi connectivity index (χ2v) is 8.65. The fourth-order valence-electron chi connectivity index (χ4n) is 3.70. The van der Waals surface area contributed by atoms with Crippen LogP contribution in [0.25, 0.3) is 11.4 Å². The second-order valence-electron chi connectivity index (χ2n) is 8.65. The van der Waals surface area contributed by atoms with Crippen LogP contribution in [0.4, 0.5) is 8.78 Å². The minimum Gasteiger partial charge on any atom is -0.487 e. The number of aryl methyl sites for hydroxylation is 1. The number of benzene rings is 1. The summed E-state index contributed by atoms with van der Waals surface area (Å²) in [4.78, 5) is 8.64. The summed E-state index contributed by atoms with van der Waals surface area (Å²) in [5, 5.41) is 0. The van der Waals surface area contributed by atoms with Gasteiger partial charge < -0.3 is 4.74 Å². The number of aromatic nitrogens is 2. The van der Waals surface area contributed by atoms with Crippen LogP contribution in [0.1, 0.15) is 90.0 Å². The van der Waals surface area contributed by atoms with Crippen molar-refractivity contribution in [3.8, 4) is 17.1 Å². The van der Waals surface area contributed by atoms with E-state index in [0.29, 0.717) is 18.0 Å². The lowest BCUT2D eigenvalue weighted by Gasteiger charge is -2.14. The van der Waals surface area contributed by atoms with Gasteiger partial charge in [-0.15, -0.1) is 0 Å². The normalized spacial score (nSPS) is 13.1. The fraction of sp³-hybridized carbons (Fsp3) is 0.630. The van der Waals surface area contributed by atoms with Gasteiger partial charge in [0.15, 0.2) is 17.7 Å². The molecule has 0 amide bonds. The van der Waals surface area contributed by atoms with Gasteiger partial charge >= 0.3 is 0 Å². The third-order valence-corrected chi connectivity index (χ3v) is 5.79. The number of ether oxygens (including phenoxy) is 1. The second kappa shape index (κ2) is 15.7. The molecule has 0 saturated carbocycles. The van der Waals surface area contributed by atoms with E-state index in [1.54, 1.807) is 0 Å². The Bertz CT molecular complexity index is 721. The summed E-state index contributed by atoms with van der Waals surface area (Å²) in [5.74, 6) is 0.951. The van der Waals surface area contributed by atoms with E-state index in [0.717, 1.165) is 24.8 Å². The summed E-state index contributed by atoms with van der Waals surface area (Å²) in [6, 6.07) is 8.34. The largest absolute Gasteiger partial charge is 0.487 e. The minimum atomic E-state index is -1.63. The van der Waals surface area contributed by atoms with E-state index in [2.05, 4.69) is 29.0 Å². The topological polar surface area (TPSA) is 35.0 Å². The van der Waals surface area contributed by atoms with E-state index in [1.165, 1.54) is 62.9 Å². The van der Waals surface area contributed by atoms with Gasteiger partial charge in [-0.3, -0.25) is 0 Å². The van der Waals surface area contributed by atoms with Crippen molar-refractivity contribution in [2.45, 2.75) is 103 Å². The van der Waals surface area contributed by atoms with E-state index in [4.69, 9.17) is 4.74 Å². The van der Waals surface area contributed by atoms with Gasteiger partial charge in [0.2, 0.25) is 0 Å². The van der Waals surface area contributed by atoms with Gasteiger partial charge in [-0.1, -0.05) is 95.9 Å². The number of rotatable bonds is 17. The number of alkyl halides is 2. The summed E-state index contributed by atoms with van der Waals surface area (Å²) in [6.07, 6.45) is 13.1. The van der Waals surface area contributed by atoms with Crippen LogP contribution in [0.3, 0.4) is 0 Å². The van der Waals surface area contributed by atoms with Crippen molar-refractivity contribution in [2.75, 3.05) is 6.61 Å². The molecule has 1 heterocycles. The first-order chi connectivity index (χ1) is 15.6. The Labute approximate surface area is 193 Å². The Balaban J connectivity index is 1.73. The summed E-state index contributed by atoms with van der Waals surface area (Å²) in [7, 11) is 0. The highest BCUT2D eigenvalue weighted by Gasteiger charge is 2.20. The number of hydrogen-bond acceptors (Lipinski definition) is 3. The molecule has 0 bridgehead atoms. The highest BCUT2D eigenvalue weighted by atomic mass is 19.2. The first-order valence-electron chi connectivity index (χ1n) is 12.5. The predicted molar refractivity (Wildman–Crippen MR) is 129 cm³/mol. The van der Waals surface area contributed by atoms with Crippen molar-refractivity contribution in [3.63, 3.8) is 0 Å². The smallest absolute Gasteiger partial charge is 0.165 e. The molecule has 0 aliphatic rings. The first-order valence-corrected chi connectivity index (χ1v) is 12.5. The lowest BCUT2D eigenvalue weighted by Crippen LogP contribution is -2.24. The lowest BCUT2D eigenvalue weighted by molar-refractivity contribution is 0.101. The molecule has 0 aliphatic heterocycles. The van der Waals surface area contributed by atoms with Gasteiger partial charge in [0.05, 0.1) is 12.4 Å². The van der Waals surface area contributed by atoms with Crippen molar-refractivity contribution in [1.82, 2.24) is 9.97 Å². The lowest BCUT2D eigenvalue weighted by atomic mass is 10.0. The molecule has 0 aliphatic carbocycles. The maximum atomic E-state index is 13.9. The maximum Gasteiger partial charge on any atom is 0.165 e. The number of halogens is 2. The molecule has 0 spiro atoms. The molecule has 5 heteroatoms. The van der Waals surface area contributed by atoms with Gasteiger partial charge in [-0.2, -0.15) is 0 Å². The molecule has 1 aromatic heterocycles. The average molecular weight is 447 g/mol. The molecule has 32 heavy (non-hydrogen) atoms. The molecular formula is C27H40F2N2O. The fourth-order valence-corrected chi connectivity index (χ4v) is 3.70. The predicted octanol–water partition coefficient (Wildman–Crippen LogP) is 8.07. The van der Waals surface area contributed by atoms with Crippen LogP contribution in [0, 0.1) is 0 Å². The van der Waals surface area contributed by atoms with E-state index >= 15 is 0 Å². The van der Waals surface area contributed by atoms with Crippen molar-refractivity contribution in [2.24, 2.45) is 0 Å². The molecule has 0 fully saturated rings. The molecule has 2 unspecified atom stereocenters. The van der Waals surface area contributed by atoms with Gasteiger partial charge in [0.1, 0.15) is 12.8 Å². The van der Waals surface area contributed by atoms with E-state index in [1.807, 2.05) is 19.1 Å². The van der Waals surface area contributed by atoms with Crippen LogP contribution in [-0.4, -0.2) is 28.9 Å². The molecule has 0 N–H and O–H groups in total. The Kier molecular flexibility index (Phi) is 12.9. The van der Waals surface area contributed by atoms with Gasteiger partial charge in [-0.05, 0) is 24.8 Å². The van der Waals surface area contributed by atoms with Crippen molar-refractivity contribution in [1.29, 1.82) is 0 Å². The summed E-state index contributed by atoms with van der Waals surface area (Å²) in [6.45, 7) is 3.97. The zero-order chi connectivity index (χ0) is 23.0. The Morgan fingerprint density at radius 1 is 0.750 bits per heavy atom. The molecule has 3 nitrogen and oxygen atoms in total. The van der Waals surface area contributed by atoms with Crippen molar-refractivity contribution >= 4 is 0 Å². The van der Waals surface area contributed by atoms with E-state index in [-0.39, 0.29) is 13.0 Å². The molecule has 0 radical (unpaired) electrons. The highest BCUT2D eigenvalue weighted by molar-refractivity contribution is 5.55. The monoisotopic (exact) mass is 446 g/mol. The SMILES string of the molecule is CCCCCCCCCc1ccc(-c2ncc(OCC(F)C(F)CCCCC)cn2)cc1. The van der Waals surface area contributed by atoms with E-state index < -0.39 is 12.3 Å². The van der Waals surface area contributed by atoms with Gasteiger partial charge in [-0.25, -0.2) is 18.7 Å². The maximum absolute atomic E-state index is 13.9. The molecule has 2 aromatic rings. The zero-order valence-corrected chi connectivity index (χ0v) is 19.9. The van der Waals surface area contributed by atoms with Crippen LogP contribution in [0.15, 0.2) is 36.7 Å². The highest BCUT2D eigenvalue weighted by Crippen LogP contribution is 2.20. The van der Waals surface area contributed by atoms with Crippen molar-refractivity contribution in [3.05, 3.63) is 42.2 Å². The quantitative estimate of drug-likeness (QED) is 0.230. The Hall–Kier alpha value is -2.04. The summed E-state index contributed by atoms with van der Waals surface area (Å²) < 4.78 is 33.1. The van der Waals surface area contributed by atoms with Crippen LogP contribution < -0.4 is 4.74 Å². The number of hydrogen-bond donors (Lipinski definition) is 0. The summed E-state index contributed by atoms with van der Waals surface area (Å²) >= 11 is 0. The summed E-state index contributed by atoms with van der Waals surface area (Å²) in [5.41, 5.74) is 2.26. The third-order valence-electron chi connectivity index (χ3n) is 5.79. The van der Waals surface area contributed by atoms with Crippen LogP contribution in [0.2, 0.25) is 0 Å². The van der Waals surface area contributed by atoms with Crippen molar-refractivity contribution < 1.29 is 13.5 Å². The van der Waals surface area contributed by atoms with Gasteiger partial charge in [0, 0.05) is 5.56 Å². The van der Waals surface area contributed by atoms with Gasteiger partial charge in [0.25, 0.3) is 0 Å². The molecular weight excluding hydrogens is 406 g/mol. The molecule has 0 saturated heterocycles. The Morgan fingerprint density at radius 3 is 2.00 bits per heavy atom. The molecule has 1 aromatic carbocycles. The van der Waals surface area contributed by atoms with Crippen LogP contribution in [0.5, 0.6) is 5.75 Å². The standard InChI is InChI=1S/C27H40F2N2O/c1-3-5-7-8-9-10-12-13-22-15-17-23(18-16-22)27-30-19-24(20-31-27)32-21-26(29)25(28)14-11-6-4-2/h15-20,25-26H,3-14,21H2,1-2H3. The van der Waals surface area contributed by atoms with E-state index in [9.17, 15) is 8.78 Å². The zero-order valence-electron chi connectivity index (χ0n) is 19.9. The minimum absolute atomic E-state index is 0.239. The third kappa shape index (κ3) is 10.1. The molecule has 2 rings (SSSR count). The number of unbranched alkanes of at least 4 members (excludes halogenated alkanes) is 8. The molecule has 178 valence electrons. The first kappa shape index (κ1) is 26.2. The number of nitrogens with zero attached hydrogens (tertiary/aromatic N) is 2. The van der Waals surface area contributed by atoms with Crippen LogP contribution >= 0.6 is 0 Å². The average Bonchev–Trinajstić information content (AvgIpc) is 2.83.